The summed E-state index contributed by atoms with van der Waals surface area (Å²) in [5, 5.41) is 11.5. The zero-order chi connectivity index (χ0) is 15.4. The molecule has 1 heterocycles. The molecule has 1 amide bonds. The smallest absolute Gasteiger partial charge is 0.253 e. The first-order valence-corrected chi connectivity index (χ1v) is 7.06. The Balaban J connectivity index is 1.95. The summed E-state index contributed by atoms with van der Waals surface area (Å²) in [6.07, 6.45) is 0. The van der Waals surface area contributed by atoms with Crippen LogP contribution in [-0.4, -0.2) is 59.5 Å². The lowest BCUT2D eigenvalue weighted by Crippen LogP contribution is -2.50. The molecule has 0 unspecified atom stereocenters. The highest BCUT2D eigenvalue weighted by atomic mass is 16.4. The van der Waals surface area contributed by atoms with Crippen molar-refractivity contribution in [2.75, 3.05) is 32.7 Å². The molecule has 6 heteroatoms. The predicted molar refractivity (Wildman–Crippen MR) is 81.7 cm³/mol. The minimum absolute atomic E-state index is 0.0709. The van der Waals surface area contributed by atoms with E-state index in [1.807, 2.05) is 36.9 Å². The lowest BCUT2D eigenvalue weighted by Gasteiger charge is -2.34. The van der Waals surface area contributed by atoms with Gasteiger partial charge in [-0.2, -0.15) is 0 Å². The quantitative estimate of drug-likeness (QED) is 0.373. The van der Waals surface area contributed by atoms with Gasteiger partial charge < -0.3 is 15.8 Å². The maximum absolute atomic E-state index is 12.5. The van der Waals surface area contributed by atoms with Gasteiger partial charge in [-0.25, -0.2) is 0 Å². The van der Waals surface area contributed by atoms with Gasteiger partial charge in [-0.15, -0.1) is 0 Å². The summed E-state index contributed by atoms with van der Waals surface area (Å²) in [6, 6.07) is 5.81. The fourth-order valence-electron chi connectivity index (χ4n) is 2.43. The van der Waals surface area contributed by atoms with Crippen LogP contribution < -0.4 is 5.73 Å². The Morgan fingerprint density at radius 1 is 1.24 bits per heavy atom. The van der Waals surface area contributed by atoms with Crippen molar-refractivity contribution in [1.82, 2.24) is 9.80 Å². The number of nitrogens with zero attached hydrogens (tertiary/aromatic N) is 3. The average Bonchev–Trinajstić information content (AvgIpc) is 2.50. The van der Waals surface area contributed by atoms with Crippen molar-refractivity contribution in [2.24, 2.45) is 10.9 Å². The Hall–Kier alpha value is -2.08. The van der Waals surface area contributed by atoms with Crippen molar-refractivity contribution < 1.29 is 10.0 Å². The Morgan fingerprint density at radius 2 is 1.90 bits per heavy atom. The fourth-order valence-corrected chi connectivity index (χ4v) is 2.43. The third-order valence-electron chi connectivity index (χ3n) is 3.93. The van der Waals surface area contributed by atoms with E-state index in [9.17, 15) is 4.79 Å². The highest BCUT2D eigenvalue weighted by molar-refractivity contribution is 5.94. The first kappa shape index (κ1) is 15.3. The normalized spacial score (nSPS) is 17.0. The standard InChI is InChI=1S/C15H22N4O2/c1-11-3-4-13(9-12(11)2)15(20)19-7-5-18(6-8-19)10-14(16)17-21/h3-4,9,21H,5-8,10H2,1-2H3,(H2,16,17). The number of amidine groups is 1. The summed E-state index contributed by atoms with van der Waals surface area (Å²) in [5.74, 6) is 0.269. The van der Waals surface area contributed by atoms with Crippen LogP contribution in [0.3, 0.4) is 0 Å². The number of oxime groups is 1. The third kappa shape index (κ3) is 3.72. The first-order valence-electron chi connectivity index (χ1n) is 7.06. The molecule has 0 bridgehead atoms. The van der Waals surface area contributed by atoms with E-state index in [4.69, 9.17) is 10.9 Å². The molecule has 21 heavy (non-hydrogen) atoms. The Morgan fingerprint density at radius 3 is 2.48 bits per heavy atom. The maximum Gasteiger partial charge on any atom is 0.253 e. The van der Waals surface area contributed by atoms with Gasteiger partial charge in [-0.05, 0) is 37.1 Å². The van der Waals surface area contributed by atoms with Gasteiger partial charge in [0.05, 0.1) is 6.54 Å². The van der Waals surface area contributed by atoms with Gasteiger partial charge in [0.15, 0.2) is 5.84 Å². The van der Waals surface area contributed by atoms with E-state index in [1.54, 1.807) is 0 Å². The van der Waals surface area contributed by atoms with Gasteiger partial charge in [0.1, 0.15) is 0 Å². The second kappa shape index (κ2) is 6.58. The Kier molecular flexibility index (Phi) is 4.80. The number of aryl methyl sites for hydroxylation is 2. The number of hydrogen-bond donors (Lipinski definition) is 2. The van der Waals surface area contributed by atoms with Crippen LogP contribution in [0.2, 0.25) is 0 Å². The van der Waals surface area contributed by atoms with Crippen molar-refractivity contribution in [3.8, 4) is 0 Å². The number of nitrogens with two attached hydrogens (primary N) is 1. The van der Waals surface area contributed by atoms with Crippen LogP contribution in [0.1, 0.15) is 21.5 Å². The van der Waals surface area contributed by atoms with Crippen LogP contribution in [0.25, 0.3) is 0 Å². The Bertz CT molecular complexity index is 549. The van der Waals surface area contributed by atoms with Crippen molar-refractivity contribution in [3.05, 3.63) is 34.9 Å². The molecule has 1 aliphatic rings. The zero-order valence-corrected chi connectivity index (χ0v) is 12.5. The molecule has 1 fully saturated rings. The van der Waals surface area contributed by atoms with Gasteiger partial charge in [-0.1, -0.05) is 11.2 Å². The number of piperazine rings is 1. The minimum atomic E-state index is 0.0709. The molecular weight excluding hydrogens is 268 g/mol. The summed E-state index contributed by atoms with van der Waals surface area (Å²) in [5.41, 5.74) is 8.56. The monoisotopic (exact) mass is 290 g/mol. The highest BCUT2D eigenvalue weighted by Gasteiger charge is 2.22. The van der Waals surface area contributed by atoms with E-state index in [-0.39, 0.29) is 11.7 Å². The number of benzene rings is 1. The predicted octanol–water partition coefficient (Wildman–Crippen LogP) is 0.808. The Labute approximate surface area is 124 Å². The van der Waals surface area contributed by atoms with Crippen LogP contribution >= 0.6 is 0 Å². The number of rotatable bonds is 3. The van der Waals surface area contributed by atoms with Crippen molar-refractivity contribution in [3.63, 3.8) is 0 Å². The molecule has 0 atom stereocenters. The molecule has 0 radical (unpaired) electrons. The number of carbonyl (C=O) groups is 1. The van der Waals surface area contributed by atoms with Gasteiger partial charge in [-0.3, -0.25) is 9.69 Å². The van der Waals surface area contributed by atoms with Gasteiger partial charge in [0.25, 0.3) is 5.91 Å². The molecule has 114 valence electrons. The molecular formula is C15H22N4O2. The van der Waals surface area contributed by atoms with E-state index in [2.05, 4.69) is 10.1 Å². The lowest BCUT2D eigenvalue weighted by molar-refractivity contribution is 0.0653. The average molecular weight is 290 g/mol. The van der Waals surface area contributed by atoms with E-state index in [1.165, 1.54) is 5.56 Å². The molecule has 1 aromatic rings. The minimum Gasteiger partial charge on any atom is -0.409 e. The fraction of sp³-hybridized carbons (Fsp3) is 0.467. The van der Waals surface area contributed by atoms with Crippen molar-refractivity contribution in [2.45, 2.75) is 13.8 Å². The lowest BCUT2D eigenvalue weighted by atomic mass is 10.1. The summed E-state index contributed by atoms with van der Waals surface area (Å²) >= 11 is 0. The molecule has 2 rings (SSSR count). The summed E-state index contributed by atoms with van der Waals surface area (Å²) in [7, 11) is 0. The molecule has 1 saturated heterocycles. The second-order valence-electron chi connectivity index (χ2n) is 5.46. The van der Waals surface area contributed by atoms with Gasteiger partial charge >= 0.3 is 0 Å². The summed E-state index contributed by atoms with van der Waals surface area (Å²) < 4.78 is 0. The number of hydrogen-bond acceptors (Lipinski definition) is 4. The summed E-state index contributed by atoms with van der Waals surface area (Å²) in [4.78, 5) is 16.4. The second-order valence-corrected chi connectivity index (χ2v) is 5.46. The zero-order valence-electron chi connectivity index (χ0n) is 12.5. The molecule has 0 saturated carbocycles. The van der Waals surface area contributed by atoms with E-state index < -0.39 is 0 Å². The van der Waals surface area contributed by atoms with E-state index in [0.717, 1.165) is 24.2 Å². The van der Waals surface area contributed by atoms with E-state index >= 15 is 0 Å². The third-order valence-corrected chi connectivity index (χ3v) is 3.93. The molecule has 0 aromatic heterocycles. The topological polar surface area (TPSA) is 82.2 Å². The van der Waals surface area contributed by atoms with Crippen LogP contribution in [0.5, 0.6) is 0 Å². The molecule has 1 aliphatic heterocycles. The number of amides is 1. The SMILES string of the molecule is Cc1ccc(C(=O)N2CCN(CC(N)=NO)CC2)cc1C. The van der Waals surface area contributed by atoms with Crippen LogP contribution in [0.4, 0.5) is 0 Å². The van der Waals surface area contributed by atoms with Crippen LogP contribution in [0, 0.1) is 13.8 Å². The molecule has 0 spiro atoms. The maximum atomic E-state index is 12.5. The molecule has 3 N–H and O–H groups in total. The molecule has 1 aromatic carbocycles. The van der Waals surface area contributed by atoms with Crippen LogP contribution in [-0.2, 0) is 0 Å². The van der Waals surface area contributed by atoms with Crippen molar-refractivity contribution in [1.29, 1.82) is 0 Å². The highest BCUT2D eigenvalue weighted by Crippen LogP contribution is 2.13. The van der Waals surface area contributed by atoms with E-state index in [0.29, 0.717) is 19.6 Å². The molecule has 0 aliphatic carbocycles. The number of carbonyl (C=O) groups excluding carboxylic acids is 1. The van der Waals surface area contributed by atoms with Crippen LogP contribution in [0.15, 0.2) is 23.4 Å². The van der Waals surface area contributed by atoms with Crippen molar-refractivity contribution >= 4 is 11.7 Å². The first-order chi connectivity index (χ1) is 10.0. The summed E-state index contributed by atoms with van der Waals surface area (Å²) in [6.45, 7) is 7.26. The largest absolute Gasteiger partial charge is 0.409 e. The van der Waals surface area contributed by atoms with Gasteiger partial charge in [0.2, 0.25) is 0 Å². The molecule has 6 nitrogen and oxygen atoms in total. The van der Waals surface area contributed by atoms with Gasteiger partial charge in [0, 0.05) is 31.7 Å².